The lowest BCUT2D eigenvalue weighted by atomic mass is 9.80. The topological polar surface area (TPSA) is 18.5 Å². The number of benzene rings is 2. The minimum absolute atomic E-state index is 0.159. The van der Waals surface area contributed by atoms with Crippen molar-refractivity contribution in [2.45, 2.75) is 51.9 Å². The summed E-state index contributed by atoms with van der Waals surface area (Å²) >= 11 is 0.929. The summed E-state index contributed by atoms with van der Waals surface area (Å²) in [5, 5.41) is 1.07. The van der Waals surface area contributed by atoms with E-state index in [4.69, 9.17) is 9.47 Å². The smallest absolute Gasteiger partial charge is 0.305 e. The van der Waals surface area contributed by atoms with Crippen LogP contribution < -0.4 is 9.47 Å². The highest BCUT2D eigenvalue weighted by atomic mass is 32.1. The van der Waals surface area contributed by atoms with Gasteiger partial charge in [0.05, 0.1) is 16.0 Å². The Morgan fingerprint density at radius 3 is 2.16 bits per heavy atom. The van der Waals surface area contributed by atoms with Crippen molar-refractivity contribution < 1.29 is 27.0 Å². The zero-order chi connectivity index (χ0) is 22.7. The van der Waals surface area contributed by atoms with Crippen LogP contribution in [-0.2, 0) is 0 Å². The van der Waals surface area contributed by atoms with Crippen LogP contribution in [0, 0.1) is 23.5 Å². The van der Waals surface area contributed by atoms with Crippen LogP contribution in [0.3, 0.4) is 0 Å². The van der Waals surface area contributed by atoms with Gasteiger partial charge >= 0.3 is 6.08 Å². The van der Waals surface area contributed by atoms with Crippen molar-refractivity contribution in [2.75, 3.05) is 6.61 Å². The second-order valence-corrected chi connectivity index (χ2v) is 9.50. The molecule has 0 unspecified atom stereocenters. The maximum absolute atomic E-state index is 15.2. The highest BCUT2D eigenvalue weighted by Gasteiger charge is 2.23. The second-order valence-electron chi connectivity index (χ2n) is 8.48. The Balaban J connectivity index is 1.49. The van der Waals surface area contributed by atoms with Crippen molar-refractivity contribution >= 4 is 31.5 Å². The molecule has 7 heteroatoms. The summed E-state index contributed by atoms with van der Waals surface area (Å²) in [7, 11) is 0. The summed E-state index contributed by atoms with van der Waals surface area (Å²) in [4.78, 5) is 0. The second kappa shape index (κ2) is 10.1. The Kier molecular flexibility index (Phi) is 7.23. The maximum Gasteiger partial charge on any atom is 0.305 e. The monoisotopic (exact) mass is 466 g/mol. The van der Waals surface area contributed by atoms with E-state index in [9.17, 15) is 13.2 Å². The summed E-state index contributed by atoms with van der Waals surface area (Å²) in [5.41, 5.74) is 0. The fraction of sp³-hybridized carbons (Fsp3) is 0.440. The van der Waals surface area contributed by atoms with Gasteiger partial charge in [0.25, 0.3) is 0 Å². The molecule has 1 heterocycles. The highest BCUT2D eigenvalue weighted by molar-refractivity contribution is 7.25. The molecule has 0 radical (unpaired) electrons. The molecule has 2 aromatic carbocycles. The van der Waals surface area contributed by atoms with E-state index in [1.807, 2.05) is 0 Å². The van der Waals surface area contributed by atoms with Crippen LogP contribution in [0.25, 0.3) is 20.2 Å². The molecule has 1 aromatic heterocycles. The number of unbranched alkanes of at least 4 members (excludes halogenated alkanes) is 1. The number of hydrogen-bond acceptors (Lipinski definition) is 3. The van der Waals surface area contributed by atoms with Gasteiger partial charge in [-0.25, -0.2) is 8.78 Å². The van der Waals surface area contributed by atoms with Crippen molar-refractivity contribution in [2.24, 2.45) is 11.8 Å². The van der Waals surface area contributed by atoms with E-state index in [2.05, 4.69) is 6.92 Å². The van der Waals surface area contributed by atoms with E-state index in [-0.39, 0.29) is 27.2 Å². The van der Waals surface area contributed by atoms with Crippen LogP contribution in [0.2, 0.25) is 0 Å². The van der Waals surface area contributed by atoms with Gasteiger partial charge in [0.2, 0.25) is 0 Å². The predicted octanol–water partition coefficient (Wildman–Crippen LogP) is 8.82. The van der Waals surface area contributed by atoms with Gasteiger partial charge in [-0.1, -0.05) is 39.0 Å². The molecular weight excluding hydrogens is 440 g/mol. The first-order valence-electron chi connectivity index (χ1n) is 11.1. The summed E-state index contributed by atoms with van der Waals surface area (Å²) < 4.78 is 65.4. The van der Waals surface area contributed by atoms with Crippen LogP contribution in [-0.4, -0.2) is 6.61 Å². The van der Waals surface area contributed by atoms with Gasteiger partial charge < -0.3 is 9.47 Å². The van der Waals surface area contributed by atoms with Gasteiger partial charge in [0.15, 0.2) is 29.4 Å². The lowest BCUT2D eigenvalue weighted by Crippen LogP contribution is -2.20. The molecule has 1 fully saturated rings. The minimum Gasteiger partial charge on any atom is -0.490 e. The van der Waals surface area contributed by atoms with Gasteiger partial charge in [-0.3, -0.25) is 0 Å². The molecular formula is C25H26F4O2S. The highest BCUT2D eigenvalue weighted by Crippen LogP contribution is 2.42. The van der Waals surface area contributed by atoms with Crippen LogP contribution in [0.5, 0.6) is 11.5 Å². The summed E-state index contributed by atoms with van der Waals surface area (Å²) in [6.45, 7) is 2.69. The van der Waals surface area contributed by atoms with Crippen molar-refractivity contribution in [3.05, 3.63) is 48.2 Å². The number of halogens is 4. The van der Waals surface area contributed by atoms with E-state index in [1.165, 1.54) is 38.2 Å². The lowest BCUT2D eigenvalue weighted by Gasteiger charge is -2.28. The van der Waals surface area contributed by atoms with E-state index in [0.29, 0.717) is 23.3 Å². The molecule has 0 saturated heterocycles. The van der Waals surface area contributed by atoms with Gasteiger partial charge in [-0.2, -0.15) is 8.78 Å². The summed E-state index contributed by atoms with van der Waals surface area (Å²) in [6.07, 6.45) is 6.53. The van der Waals surface area contributed by atoms with Crippen molar-refractivity contribution in [1.29, 1.82) is 0 Å². The molecule has 1 aliphatic rings. The summed E-state index contributed by atoms with van der Waals surface area (Å²) in [5.74, 6) is -0.246. The lowest BCUT2D eigenvalue weighted by molar-refractivity contribution is 0.174. The quantitative estimate of drug-likeness (QED) is 0.244. The van der Waals surface area contributed by atoms with Gasteiger partial charge in [-0.05, 0) is 48.9 Å². The Labute approximate surface area is 188 Å². The van der Waals surface area contributed by atoms with E-state index >= 15 is 4.39 Å². The molecule has 4 rings (SSSR count). The fourth-order valence-electron chi connectivity index (χ4n) is 4.50. The molecule has 0 spiro atoms. The molecule has 0 atom stereocenters. The summed E-state index contributed by atoms with van der Waals surface area (Å²) in [6, 6.07) is 6.12. The number of hydrogen-bond donors (Lipinski definition) is 0. The van der Waals surface area contributed by atoms with Crippen LogP contribution in [0.4, 0.5) is 17.6 Å². The number of ether oxygens (including phenoxy) is 2. The van der Waals surface area contributed by atoms with Crippen molar-refractivity contribution in [1.82, 2.24) is 0 Å². The van der Waals surface area contributed by atoms with Crippen LogP contribution in [0.15, 0.2) is 36.6 Å². The molecule has 1 saturated carbocycles. The fourth-order valence-corrected chi connectivity index (χ4v) is 5.66. The van der Waals surface area contributed by atoms with Crippen LogP contribution in [0.1, 0.15) is 51.9 Å². The molecule has 3 aromatic rings. The number of rotatable bonds is 8. The van der Waals surface area contributed by atoms with Crippen LogP contribution >= 0.6 is 11.3 Å². The largest absolute Gasteiger partial charge is 0.490 e. The average Bonchev–Trinajstić information content (AvgIpc) is 3.18. The number of fused-ring (bicyclic) bond motifs is 3. The third kappa shape index (κ3) is 4.87. The standard InChI is InChI=1S/C25H26F4O2S/c1-2-3-4-15-5-7-16(8-6-15)13-30-19-11-9-17-18-10-12-20(31-14-21(26)27)23(29)25(18)32-24(17)22(19)28/h9-12,14-16H,2-8,13H2,1H3. The molecule has 0 aliphatic heterocycles. The zero-order valence-electron chi connectivity index (χ0n) is 17.9. The first-order valence-corrected chi connectivity index (χ1v) is 11.9. The molecule has 0 N–H and O–H groups in total. The molecule has 172 valence electrons. The molecule has 0 amide bonds. The predicted molar refractivity (Wildman–Crippen MR) is 121 cm³/mol. The van der Waals surface area contributed by atoms with E-state index in [1.54, 1.807) is 18.2 Å². The molecule has 2 nitrogen and oxygen atoms in total. The maximum atomic E-state index is 15.2. The first kappa shape index (κ1) is 22.9. The third-order valence-electron chi connectivity index (χ3n) is 6.30. The number of thiophene rings is 1. The third-order valence-corrected chi connectivity index (χ3v) is 7.51. The van der Waals surface area contributed by atoms with Crippen molar-refractivity contribution in [3.8, 4) is 11.5 Å². The Morgan fingerprint density at radius 2 is 1.53 bits per heavy atom. The van der Waals surface area contributed by atoms with Crippen molar-refractivity contribution in [3.63, 3.8) is 0 Å². The van der Waals surface area contributed by atoms with Gasteiger partial charge in [-0.15, -0.1) is 11.3 Å². The minimum atomic E-state index is -2.07. The van der Waals surface area contributed by atoms with Gasteiger partial charge in [0, 0.05) is 10.8 Å². The van der Waals surface area contributed by atoms with Gasteiger partial charge in [0.1, 0.15) is 0 Å². The Bertz CT molecular complexity index is 1110. The Hall–Kier alpha value is -2.28. The van der Waals surface area contributed by atoms with E-state index < -0.39 is 17.7 Å². The molecule has 32 heavy (non-hydrogen) atoms. The SMILES string of the molecule is CCCCC1CCC(COc2ccc3c(sc4c(F)c(OC=C(F)F)ccc43)c2F)CC1. The molecule has 0 bridgehead atoms. The average molecular weight is 467 g/mol. The normalized spacial score (nSPS) is 18.8. The Morgan fingerprint density at radius 1 is 0.938 bits per heavy atom. The van der Waals surface area contributed by atoms with E-state index in [0.717, 1.165) is 30.1 Å². The zero-order valence-corrected chi connectivity index (χ0v) is 18.8. The first-order chi connectivity index (χ1) is 15.5. The molecule has 1 aliphatic carbocycles.